The molecule has 0 amide bonds. The lowest BCUT2D eigenvalue weighted by atomic mass is 10.1. The first kappa shape index (κ1) is 15.8. The number of hydrogen-bond donors (Lipinski definition) is 1. The molecule has 0 radical (unpaired) electrons. The fourth-order valence-electron chi connectivity index (χ4n) is 2.38. The lowest BCUT2D eigenvalue weighted by molar-refractivity contribution is -0.136. The van der Waals surface area contributed by atoms with Crippen LogP contribution in [0.4, 0.5) is 13.2 Å². The van der Waals surface area contributed by atoms with Crippen molar-refractivity contribution in [3.05, 3.63) is 69.6 Å². The largest absolute Gasteiger partial charge is 0.481 e. The summed E-state index contributed by atoms with van der Waals surface area (Å²) in [6.45, 7) is 0. The monoisotopic (exact) mass is 334 g/mol. The van der Waals surface area contributed by atoms with Crippen LogP contribution in [0.1, 0.15) is 5.56 Å². The third-order valence-electron chi connectivity index (χ3n) is 3.45. The van der Waals surface area contributed by atoms with Crippen molar-refractivity contribution >= 4 is 16.9 Å². The molecule has 1 N–H and O–H groups in total. The van der Waals surface area contributed by atoms with Crippen LogP contribution in [0.3, 0.4) is 0 Å². The van der Waals surface area contributed by atoms with Gasteiger partial charge in [0, 0.05) is 17.2 Å². The summed E-state index contributed by atoms with van der Waals surface area (Å²) < 4.78 is 45.3. The van der Waals surface area contributed by atoms with Gasteiger partial charge in [0.25, 0.3) is 0 Å². The third-order valence-corrected chi connectivity index (χ3v) is 3.45. The molecule has 0 fully saturated rings. The standard InChI is InChI=1S/C17H9F3O4/c18-11-4-9(5-12(19)16(11)20)14-7-13(21)10-3-1-2-8(6-15(22)23)17(10)24-14/h1-5,7H,6H2,(H,22,23). The number of rotatable bonds is 3. The number of halogens is 3. The number of carboxylic acid groups (broad SMARTS) is 1. The third kappa shape index (κ3) is 2.76. The Kier molecular flexibility index (Phi) is 3.84. The Hall–Kier alpha value is -3.09. The molecule has 24 heavy (non-hydrogen) atoms. The van der Waals surface area contributed by atoms with Crippen molar-refractivity contribution < 1.29 is 27.5 Å². The number of hydrogen-bond acceptors (Lipinski definition) is 3. The highest BCUT2D eigenvalue weighted by molar-refractivity contribution is 5.85. The summed E-state index contributed by atoms with van der Waals surface area (Å²) in [4.78, 5) is 23.1. The average molecular weight is 334 g/mol. The molecule has 4 nitrogen and oxygen atoms in total. The maximum Gasteiger partial charge on any atom is 0.307 e. The van der Waals surface area contributed by atoms with Gasteiger partial charge < -0.3 is 9.52 Å². The van der Waals surface area contributed by atoms with Crippen molar-refractivity contribution in [3.8, 4) is 11.3 Å². The SMILES string of the molecule is O=C(O)Cc1cccc2c(=O)cc(-c3cc(F)c(F)c(F)c3)oc12. The van der Waals surface area contributed by atoms with Crippen molar-refractivity contribution in [2.45, 2.75) is 6.42 Å². The summed E-state index contributed by atoms with van der Waals surface area (Å²) in [7, 11) is 0. The Bertz CT molecular complexity index is 1000. The van der Waals surface area contributed by atoms with Crippen molar-refractivity contribution in [2.24, 2.45) is 0 Å². The van der Waals surface area contributed by atoms with E-state index in [9.17, 15) is 22.8 Å². The van der Waals surface area contributed by atoms with Gasteiger partial charge in [-0.3, -0.25) is 9.59 Å². The number of benzene rings is 2. The van der Waals surface area contributed by atoms with Gasteiger partial charge in [-0.15, -0.1) is 0 Å². The summed E-state index contributed by atoms with van der Waals surface area (Å²) in [6.07, 6.45) is -0.393. The summed E-state index contributed by atoms with van der Waals surface area (Å²) >= 11 is 0. The zero-order valence-electron chi connectivity index (χ0n) is 12.0. The Morgan fingerprint density at radius 3 is 2.38 bits per heavy atom. The molecule has 0 aliphatic carbocycles. The first-order valence-corrected chi connectivity index (χ1v) is 6.79. The smallest absolute Gasteiger partial charge is 0.307 e. The molecule has 1 heterocycles. The second kappa shape index (κ2) is 5.84. The molecule has 0 unspecified atom stereocenters. The summed E-state index contributed by atoms with van der Waals surface area (Å²) in [5.74, 6) is -5.80. The van der Waals surface area contributed by atoms with Gasteiger partial charge in [-0.25, -0.2) is 13.2 Å². The molecule has 0 aliphatic rings. The van der Waals surface area contributed by atoms with E-state index in [-0.39, 0.29) is 27.9 Å². The van der Waals surface area contributed by atoms with Crippen molar-refractivity contribution in [1.29, 1.82) is 0 Å². The molecule has 0 spiro atoms. The minimum absolute atomic E-state index is 0.00698. The molecule has 7 heteroatoms. The van der Waals surface area contributed by atoms with E-state index >= 15 is 0 Å². The molecule has 1 aromatic heterocycles. The van der Waals surface area contributed by atoms with Gasteiger partial charge in [0.05, 0.1) is 11.8 Å². The second-order valence-electron chi connectivity index (χ2n) is 5.09. The van der Waals surface area contributed by atoms with E-state index in [1.807, 2.05) is 0 Å². The molecule has 0 atom stereocenters. The quantitative estimate of drug-likeness (QED) is 0.745. The minimum Gasteiger partial charge on any atom is -0.481 e. The maximum absolute atomic E-state index is 13.4. The molecule has 122 valence electrons. The second-order valence-corrected chi connectivity index (χ2v) is 5.09. The number of para-hydroxylation sites is 1. The molecular formula is C17H9F3O4. The zero-order valence-corrected chi connectivity index (χ0v) is 12.0. The Labute approximate surface area is 132 Å². The zero-order chi connectivity index (χ0) is 17.4. The fourth-order valence-corrected chi connectivity index (χ4v) is 2.38. The number of aliphatic carboxylic acids is 1. The Morgan fingerprint density at radius 1 is 1.08 bits per heavy atom. The van der Waals surface area contributed by atoms with Crippen molar-refractivity contribution in [2.75, 3.05) is 0 Å². The van der Waals surface area contributed by atoms with Crippen LogP contribution < -0.4 is 5.43 Å². The Balaban J connectivity index is 2.27. The molecule has 0 bridgehead atoms. The first-order valence-electron chi connectivity index (χ1n) is 6.79. The van der Waals surface area contributed by atoms with Gasteiger partial charge in [0.2, 0.25) is 0 Å². The number of carboxylic acids is 1. The maximum atomic E-state index is 13.4. The normalized spacial score (nSPS) is 11.0. The molecule has 0 aliphatic heterocycles. The number of carbonyl (C=O) groups is 1. The van der Waals surface area contributed by atoms with Gasteiger partial charge in [-0.2, -0.15) is 0 Å². The highest BCUT2D eigenvalue weighted by atomic mass is 19.2. The van der Waals surface area contributed by atoms with Gasteiger partial charge in [-0.05, 0) is 18.2 Å². The summed E-state index contributed by atoms with van der Waals surface area (Å²) in [5.41, 5.74) is -0.436. The van der Waals surface area contributed by atoms with Crippen LogP contribution in [0, 0.1) is 17.5 Å². The van der Waals surface area contributed by atoms with Crippen LogP contribution in [0.5, 0.6) is 0 Å². The van der Waals surface area contributed by atoms with Crippen molar-refractivity contribution in [3.63, 3.8) is 0 Å². The lowest BCUT2D eigenvalue weighted by Gasteiger charge is -2.07. The van der Waals surface area contributed by atoms with E-state index < -0.39 is 35.3 Å². The summed E-state index contributed by atoms with van der Waals surface area (Å²) in [6, 6.07) is 6.83. The van der Waals surface area contributed by atoms with E-state index in [0.717, 1.165) is 6.07 Å². The average Bonchev–Trinajstić information content (AvgIpc) is 2.52. The van der Waals surface area contributed by atoms with Crippen molar-refractivity contribution in [1.82, 2.24) is 0 Å². The highest BCUT2D eigenvalue weighted by Gasteiger charge is 2.16. The molecule has 3 aromatic rings. The van der Waals surface area contributed by atoms with Crippen LogP contribution >= 0.6 is 0 Å². The van der Waals surface area contributed by atoms with E-state index in [4.69, 9.17) is 9.52 Å². The van der Waals surface area contributed by atoms with Gasteiger partial charge in [-0.1, -0.05) is 12.1 Å². The lowest BCUT2D eigenvalue weighted by Crippen LogP contribution is -2.05. The first-order chi connectivity index (χ1) is 11.4. The predicted octanol–water partition coefficient (Wildman–Crippen LogP) is 3.50. The van der Waals surface area contributed by atoms with Gasteiger partial charge in [0.15, 0.2) is 22.9 Å². The summed E-state index contributed by atoms with van der Waals surface area (Å²) in [5, 5.41) is 9.06. The van der Waals surface area contributed by atoms with Crippen LogP contribution in [0.15, 0.2) is 45.6 Å². The molecule has 0 saturated carbocycles. The number of fused-ring (bicyclic) bond motifs is 1. The van der Waals surface area contributed by atoms with E-state index in [2.05, 4.69) is 0 Å². The predicted molar refractivity (Wildman–Crippen MR) is 79.1 cm³/mol. The molecule has 2 aromatic carbocycles. The van der Waals surface area contributed by atoms with Crippen LogP contribution in [-0.2, 0) is 11.2 Å². The van der Waals surface area contributed by atoms with E-state index in [1.165, 1.54) is 18.2 Å². The topological polar surface area (TPSA) is 67.5 Å². The molecule has 0 saturated heterocycles. The molecule has 3 rings (SSSR count). The van der Waals surface area contributed by atoms with Gasteiger partial charge >= 0.3 is 5.97 Å². The molecular weight excluding hydrogens is 325 g/mol. The highest BCUT2D eigenvalue weighted by Crippen LogP contribution is 2.27. The fraction of sp³-hybridized carbons (Fsp3) is 0.0588. The van der Waals surface area contributed by atoms with Crippen LogP contribution in [0.2, 0.25) is 0 Å². The van der Waals surface area contributed by atoms with Crippen LogP contribution in [-0.4, -0.2) is 11.1 Å². The van der Waals surface area contributed by atoms with E-state index in [0.29, 0.717) is 12.1 Å². The minimum atomic E-state index is -1.63. The Morgan fingerprint density at radius 2 is 1.75 bits per heavy atom. The van der Waals surface area contributed by atoms with Gasteiger partial charge in [0.1, 0.15) is 11.3 Å². The van der Waals surface area contributed by atoms with Crippen LogP contribution in [0.25, 0.3) is 22.3 Å². The van der Waals surface area contributed by atoms with E-state index in [1.54, 1.807) is 0 Å².